The lowest BCUT2D eigenvalue weighted by atomic mass is 10.0. The van der Waals surface area contributed by atoms with Crippen molar-refractivity contribution in [1.82, 2.24) is 10.6 Å². The first-order chi connectivity index (χ1) is 11.5. The van der Waals surface area contributed by atoms with E-state index in [4.69, 9.17) is 23.2 Å². The Labute approximate surface area is 153 Å². The minimum atomic E-state index is -0.134. The van der Waals surface area contributed by atoms with Gasteiger partial charge in [0.05, 0.1) is 16.1 Å². The number of likely N-dealkylation sites (N-methyl/N-ethyl adjacent to an activating group) is 1. The summed E-state index contributed by atoms with van der Waals surface area (Å²) in [4.78, 5) is 12.1. The van der Waals surface area contributed by atoms with Gasteiger partial charge in [0.2, 0.25) is 5.91 Å². The summed E-state index contributed by atoms with van der Waals surface area (Å²) >= 11 is 12.0. The van der Waals surface area contributed by atoms with E-state index in [1.165, 1.54) is 0 Å². The van der Waals surface area contributed by atoms with Crippen LogP contribution in [0.3, 0.4) is 0 Å². The van der Waals surface area contributed by atoms with Crippen molar-refractivity contribution in [3.05, 3.63) is 58.1 Å². The molecule has 0 aliphatic rings. The van der Waals surface area contributed by atoms with Crippen molar-refractivity contribution in [3.63, 3.8) is 0 Å². The number of amides is 1. The molecule has 3 nitrogen and oxygen atoms in total. The first-order valence-electron chi connectivity index (χ1n) is 8.04. The van der Waals surface area contributed by atoms with Crippen LogP contribution in [-0.4, -0.2) is 19.0 Å². The monoisotopic (exact) mass is 364 g/mol. The van der Waals surface area contributed by atoms with E-state index >= 15 is 0 Å². The molecule has 1 atom stereocenters. The van der Waals surface area contributed by atoms with Crippen molar-refractivity contribution >= 4 is 29.1 Å². The molecule has 2 N–H and O–H groups in total. The normalized spacial score (nSPS) is 12.0. The summed E-state index contributed by atoms with van der Waals surface area (Å²) in [5.74, 6) is 0.0351. The summed E-state index contributed by atoms with van der Waals surface area (Å²) < 4.78 is 0. The topological polar surface area (TPSA) is 41.1 Å². The maximum atomic E-state index is 12.1. The fourth-order valence-electron chi connectivity index (χ4n) is 2.50. The molecule has 0 aliphatic heterocycles. The first kappa shape index (κ1) is 18.8. The molecule has 2 rings (SSSR count). The summed E-state index contributed by atoms with van der Waals surface area (Å²) in [5, 5.41) is 7.10. The van der Waals surface area contributed by atoms with Crippen LogP contribution in [0.25, 0.3) is 11.1 Å². The molecule has 1 amide bonds. The standard InChI is InChI=1S/C19H22Cl2N2O/c1-3-4-18(22-2)19(24)23-12-13-5-7-14(8-6-13)15-9-10-16(20)17(21)11-15/h5-11,18,22H,3-4,12H2,1-2H3,(H,23,24)/t18-/m0/s1. The van der Waals surface area contributed by atoms with Crippen LogP contribution in [0.1, 0.15) is 25.3 Å². The molecule has 0 spiro atoms. The van der Waals surface area contributed by atoms with Gasteiger partial charge < -0.3 is 10.6 Å². The van der Waals surface area contributed by atoms with Crippen molar-refractivity contribution in [2.24, 2.45) is 0 Å². The molecule has 0 heterocycles. The second kappa shape index (κ2) is 9.07. The zero-order chi connectivity index (χ0) is 17.5. The van der Waals surface area contributed by atoms with E-state index < -0.39 is 0 Å². The molecular weight excluding hydrogens is 343 g/mol. The molecule has 0 unspecified atom stereocenters. The Bertz CT molecular complexity index is 686. The van der Waals surface area contributed by atoms with Gasteiger partial charge in [0.1, 0.15) is 0 Å². The highest BCUT2D eigenvalue weighted by Gasteiger charge is 2.14. The highest BCUT2D eigenvalue weighted by Crippen LogP contribution is 2.28. The van der Waals surface area contributed by atoms with Crippen molar-refractivity contribution in [2.45, 2.75) is 32.4 Å². The number of hydrogen-bond acceptors (Lipinski definition) is 2. The number of carbonyl (C=O) groups is 1. The van der Waals surface area contributed by atoms with E-state index in [0.717, 1.165) is 29.5 Å². The molecule has 0 saturated heterocycles. The van der Waals surface area contributed by atoms with Gasteiger partial charge >= 0.3 is 0 Å². The number of nitrogens with one attached hydrogen (secondary N) is 2. The van der Waals surface area contributed by atoms with E-state index in [1.54, 1.807) is 6.07 Å². The Morgan fingerprint density at radius 1 is 1.04 bits per heavy atom. The Hall–Kier alpha value is -1.55. The smallest absolute Gasteiger partial charge is 0.237 e. The lowest BCUT2D eigenvalue weighted by Crippen LogP contribution is -2.42. The van der Waals surface area contributed by atoms with Crippen LogP contribution in [-0.2, 0) is 11.3 Å². The highest BCUT2D eigenvalue weighted by atomic mass is 35.5. The summed E-state index contributed by atoms with van der Waals surface area (Å²) in [6.07, 6.45) is 1.80. The van der Waals surface area contributed by atoms with Gasteiger partial charge in [0.25, 0.3) is 0 Å². The van der Waals surface area contributed by atoms with Crippen molar-refractivity contribution in [2.75, 3.05) is 7.05 Å². The SMILES string of the molecule is CCC[C@H](NC)C(=O)NCc1ccc(-c2ccc(Cl)c(Cl)c2)cc1. The van der Waals surface area contributed by atoms with Crippen molar-refractivity contribution in [1.29, 1.82) is 0 Å². The van der Waals surface area contributed by atoms with Crippen LogP contribution >= 0.6 is 23.2 Å². The van der Waals surface area contributed by atoms with Gasteiger partial charge in [-0.25, -0.2) is 0 Å². The van der Waals surface area contributed by atoms with Crippen LogP contribution < -0.4 is 10.6 Å². The second-order valence-electron chi connectivity index (χ2n) is 5.67. The lowest BCUT2D eigenvalue weighted by Gasteiger charge is -2.15. The average molecular weight is 365 g/mol. The maximum absolute atomic E-state index is 12.1. The minimum absolute atomic E-state index is 0.0351. The molecule has 128 valence electrons. The molecule has 0 saturated carbocycles. The molecular formula is C19H22Cl2N2O. The van der Waals surface area contributed by atoms with Crippen LogP contribution in [0.5, 0.6) is 0 Å². The Morgan fingerprint density at radius 3 is 2.29 bits per heavy atom. The number of hydrogen-bond donors (Lipinski definition) is 2. The first-order valence-corrected chi connectivity index (χ1v) is 8.80. The maximum Gasteiger partial charge on any atom is 0.237 e. The van der Waals surface area contributed by atoms with E-state index in [2.05, 4.69) is 17.6 Å². The van der Waals surface area contributed by atoms with Gasteiger partial charge in [-0.3, -0.25) is 4.79 Å². The quantitative estimate of drug-likeness (QED) is 0.749. The van der Waals surface area contributed by atoms with E-state index in [1.807, 2.05) is 43.4 Å². The average Bonchev–Trinajstić information content (AvgIpc) is 2.60. The largest absolute Gasteiger partial charge is 0.351 e. The fourth-order valence-corrected chi connectivity index (χ4v) is 2.80. The highest BCUT2D eigenvalue weighted by molar-refractivity contribution is 6.42. The summed E-state index contributed by atoms with van der Waals surface area (Å²) in [5.41, 5.74) is 3.12. The third-order valence-electron chi connectivity index (χ3n) is 3.92. The third-order valence-corrected chi connectivity index (χ3v) is 4.65. The molecule has 0 aliphatic carbocycles. The van der Waals surface area contributed by atoms with Crippen LogP contribution in [0.4, 0.5) is 0 Å². The Kier molecular flexibility index (Phi) is 7.10. The molecule has 0 fully saturated rings. The zero-order valence-corrected chi connectivity index (χ0v) is 15.4. The lowest BCUT2D eigenvalue weighted by molar-refractivity contribution is -0.123. The fraction of sp³-hybridized carbons (Fsp3) is 0.316. The van der Waals surface area contributed by atoms with Gasteiger partial charge in [0, 0.05) is 6.54 Å². The summed E-state index contributed by atoms with van der Waals surface area (Å²) in [6, 6.07) is 13.5. The van der Waals surface area contributed by atoms with Gasteiger partial charge in [-0.1, -0.05) is 66.9 Å². The molecule has 2 aromatic carbocycles. The van der Waals surface area contributed by atoms with Crippen LogP contribution in [0.15, 0.2) is 42.5 Å². The predicted molar refractivity (Wildman–Crippen MR) is 102 cm³/mol. The Balaban J connectivity index is 1.99. The van der Waals surface area contributed by atoms with E-state index in [9.17, 15) is 4.79 Å². The number of halogens is 2. The molecule has 0 aromatic heterocycles. The molecule has 5 heteroatoms. The van der Waals surface area contributed by atoms with Crippen molar-refractivity contribution in [3.8, 4) is 11.1 Å². The predicted octanol–water partition coefficient (Wildman–Crippen LogP) is 4.66. The second-order valence-corrected chi connectivity index (χ2v) is 6.49. The minimum Gasteiger partial charge on any atom is -0.351 e. The van der Waals surface area contributed by atoms with Crippen LogP contribution in [0, 0.1) is 0 Å². The van der Waals surface area contributed by atoms with E-state index in [-0.39, 0.29) is 11.9 Å². The van der Waals surface area contributed by atoms with E-state index in [0.29, 0.717) is 16.6 Å². The van der Waals surface area contributed by atoms with Crippen molar-refractivity contribution < 1.29 is 4.79 Å². The molecule has 0 radical (unpaired) electrons. The molecule has 2 aromatic rings. The molecule has 0 bridgehead atoms. The zero-order valence-electron chi connectivity index (χ0n) is 13.9. The number of benzene rings is 2. The summed E-state index contributed by atoms with van der Waals surface area (Å²) in [7, 11) is 1.81. The van der Waals surface area contributed by atoms with Crippen LogP contribution in [0.2, 0.25) is 10.0 Å². The number of carbonyl (C=O) groups excluding carboxylic acids is 1. The number of rotatable bonds is 7. The summed E-state index contributed by atoms with van der Waals surface area (Å²) in [6.45, 7) is 2.59. The van der Waals surface area contributed by atoms with Gasteiger partial charge in [-0.15, -0.1) is 0 Å². The Morgan fingerprint density at radius 2 is 1.71 bits per heavy atom. The van der Waals surface area contributed by atoms with Gasteiger partial charge in [0.15, 0.2) is 0 Å². The molecule has 24 heavy (non-hydrogen) atoms. The van der Waals surface area contributed by atoms with Gasteiger partial charge in [-0.05, 0) is 42.3 Å². The van der Waals surface area contributed by atoms with Gasteiger partial charge in [-0.2, -0.15) is 0 Å². The third kappa shape index (κ3) is 4.97.